The van der Waals surface area contributed by atoms with Crippen LogP contribution in [0.15, 0.2) is 30.5 Å². The third kappa shape index (κ3) is 2.44. The smallest absolute Gasteiger partial charge is 0.151 e. The zero-order valence-electron chi connectivity index (χ0n) is 8.45. The summed E-state index contributed by atoms with van der Waals surface area (Å²) in [6.07, 6.45) is 2.21. The number of rotatable bonds is 2. The van der Waals surface area contributed by atoms with Gasteiger partial charge in [-0.2, -0.15) is 0 Å². The second-order valence-corrected chi connectivity index (χ2v) is 4.50. The van der Waals surface area contributed by atoms with Gasteiger partial charge in [0.15, 0.2) is 6.29 Å². The van der Waals surface area contributed by atoms with E-state index < -0.39 is 0 Å². The van der Waals surface area contributed by atoms with Gasteiger partial charge in [0.2, 0.25) is 0 Å². The van der Waals surface area contributed by atoms with Crippen LogP contribution in [0, 0.1) is 0 Å². The molecule has 0 radical (unpaired) electrons. The maximum atomic E-state index is 10.8. The van der Waals surface area contributed by atoms with Crippen molar-refractivity contribution in [1.29, 1.82) is 0 Å². The highest BCUT2D eigenvalue weighted by Gasteiger charge is 2.10. The Labute approximate surface area is 113 Å². The number of nitrogens with zero attached hydrogens (tertiary/aromatic N) is 1. The van der Waals surface area contributed by atoms with Gasteiger partial charge in [-0.25, -0.2) is 0 Å². The highest BCUT2D eigenvalue weighted by atomic mass is 35.5. The van der Waals surface area contributed by atoms with E-state index >= 15 is 0 Å². The lowest BCUT2D eigenvalue weighted by molar-refractivity contribution is 0.112. The van der Waals surface area contributed by atoms with Crippen LogP contribution in [0.4, 0.5) is 0 Å². The normalized spacial score (nSPS) is 10.3. The first-order valence-electron chi connectivity index (χ1n) is 4.68. The van der Waals surface area contributed by atoms with Crippen molar-refractivity contribution in [2.75, 3.05) is 0 Å². The Bertz CT molecular complexity index is 584. The Morgan fingerprint density at radius 1 is 1.06 bits per heavy atom. The van der Waals surface area contributed by atoms with E-state index in [1.54, 1.807) is 24.3 Å². The van der Waals surface area contributed by atoms with Gasteiger partial charge >= 0.3 is 0 Å². The van der Waals surface area contributed by atoms with E-state index in [1.165, 1.54) is 6.20 Å². The number of pyridine rings is 1. The minimum atomic E-state index is 0.306. The number of hydrogen-bond acceptors (Lipinski definition) is 2. The zero-order valence-corrected chi connectivity index (χ0v) is 10.7. The highest BCUT2D eigenvalue weighted by molar-refractivity contribution is 6.42. The zero-order chi connectivity index (χ0) is 12.4. The fourth-order valence-electron chi connectivity index (χ4n) is 1.39. The summed E-state index contributed by atoms with van der Waals surface area (Å²) < 4.78 is 0. The molecule has 0 saturated carbocycles. The number of benzene rings is 1. The van der Waals surface area contributed by atoms with Gasteiger partial charge in [-0.15, -0.1) is 0 Å². The summed E-state index contributed by atoms with van der Waals surface area (Å²) in [6, 6.07) is 6.62. The predicted octanol–water partition coefficient (Wildman–Crippen LogP) is 4.52. The summed E-state index contributed by atoms with van der Waals surface area (Å²) in [7, 11) is 0. The monoisotopic (exact) mass is 285 g/mol. The van der Waals surface area contributed by atoms with E-state index in [0.717, 1.165) is 0 Å². The Balaban J connectivity index is 2.60. The first kappa shape index (κ1) is 12.4. The average Bonchev–Trinajstić information content (AvgIpc) is 2.33. The molecule has 0 aliphatic heterocycles. The minimum Gasteiger partial charge on any atom is -0.298 e. The molecule has 2 nitrogen and oxygen atoms in total. The lowest BCUT2D eigenvalue weighted by Gasteiger charge is -2.06. The molecule has 0 aliphatic carbocycles. The van der Waals surface area contributed by atoms with Crippen LogP contribution >= 0.6 is 34.8 Å². The molecule has 1 aromatic heterocycles. The lowest BCUT2D eigenvalue weighted by Crippen LogP contribution is -1.90. The molecular formula is C12H6Cl3NO. The van der Waals surface area contributed by atoms with Crippen LogP contribution in [0.2, 0.25) is 15.1 Å². The van der Waals surface area contributed by atoms with E-state index in [2.05, 4.69) is 4.98 Å². The molecule has 0 bridgehead atoms. The standard InChI is InChI=1S/C12H6Cl3NO/c13-9-2-1-7(5-10(9)14)12-11(15)8(6-17)3-4-16-12/h1-6H. The van der Waals surface area contributed by atoms with E-state index in [0.29, 0.717) is 38.2 Å². The van der Waals surface area contributed by atoms with Gasteiger partial charge in [0.1, 0.15) is 0 Å². The third-order valence-electron chi connectivity index (χ3n) is 2.24. The first-order valence-corrected chi connectivity index (χ1v) is 5.82. The van der Waals surface area contributed by atoms with Gasteiger partial charge in [0.25, 0.3) is 0 Å². The van der Waals surface area contributed by atoms with Crippen molar-refractivity contribution in [2.24, 2.45) is 0 Å². The topological polar surface area (TPSA) is 30.0 Å². The van der Waals surface area contributed by atoms with Crippen LogP contribution in [0.3, 0.4) is 0 Å². The van der Waals surface area contributed by atoms with E-state index in [9.17, 15) is 4.79 Å². The van der Waals surface area contributed by atoms with Crippen LogP contribution in [-0.2, 0) is 0 Å². The molecule has 0 amide bonds. The second-order valence-electron chi connectivity index (χ2n) is 3.31. The molecule has 0 saturated heterocycles. The van der Waals surface area contributed by atoms with Crippen LogP contribution in [-0.4, -0.2) is 11.3 Å². The molecule has 2 rings (SSSR count). The maximum Gasteiger partial charge on any atom is 0.151 e. The third-order valence-corrected chi connectivity index (χ3v) is 3.38. The first-order chi connectivity index (χ1) is 8.13. The molecule has 0 spiro atoms. The van der Waals surface area contributed by atoms with Gasteiger partial charge in [0.05, 0.1) is 20.8 Å². The van der Waals surface area contributed by atoms with Gasteiger partial charge < -0.3 is 0 Å². The predicted molar refractivity (Wildman–Crippen MR) is 70.1 cm³/mol. The number of halogens is 3. The largest absolute Gasteiger partial charge is 0.298 e. The second kappa shape index (κ2) is 5.05. The Kier molecular flexibility index (Phi) is 3.67. The molecule has 5 heteroatoms. The van der Waals surface area contributed by atoms with Crippen LogP contribution in [0.1, 0.15) is 10.4 Å². The lowest BCUT2D eigenvalue weighted by atomic mass is 10.1. The van der Waals surface area contributed by atoms with Crippen molar-refractivity contribution in [2.45, 2.75) is 0 Å². The van der Waals surface area contributed by atoms with E-state index in [4.69, 9.17) is 34.8 Å². The average molecular weight is 287 g/mol. The highest BCUT2D eigenvalue weighted by Crippen LogP contribution is 2.32. The molecule has 2 aromatic rings. The summed E-state index contributed by atoms with van der Waals surface area (Å²) in [5, 5.41) is 1.18. The summed E-state index contributed by atoms with van der Waals surface area (Å²) in [6.45, 7) is 0. The summed E-state index contributed by atoms with van der Waals surface area (Å²) in [4.78, 5) is 14.9. The fourth-order valence-corrected chi connectivity index (χ4v) is 1.96. The molecule has 0 atom stereocenters. The molecule has 0 aliphatic rings. The van der Waals surface area contributed by atoms with Crippen molar-refractivity contribution >= 4 is 41.1 Å². The van der Waals surface area contributed by atoms with Crippen molar-refractivity contribution in [1.82, 2.24) is 4.98 Å². The van der Waals surface area contributed by atoms with Crippen molar-refractivity contribution in [3.63, 3.8) is 0 Å². The summed E-state index contributed by atoms with van der Waals surface area (Å²) in [5.41, 5.74) is 1.62. The van der Waals surface area contributed by atoms with Crippen LogP contribution in [0.25, 0.3) is 11.3 Å². The number of aldehydes is 1. The molecular weight excluding hydrogens is 280 g/mol. The Morgan fingerprint density at radius 3 is 2.47 bits per heavy atom. The number of hydrogen-bond donors (Lipinski definition) is 0. The van der Waals surface area contributed by atoms with Crippen molar-refractivity contribution in [3.8, 4) is 11.3 Å². The molecule has 86 valence electrons. The van der Waals surface area contributed by atoms with Gasteiger partial charge in [-0.1, -0.05) is 40.9 Å². The summed E-state index contributed by atoms with van der Waals surface area (Å²) >= 11 is 17.8. The molecule has 0 unspecified atom stereocenters. The molecule has 17 heavy (non-hydrogen) atoms. The molecule has 0 fully saturated rings. The fraction of sp³-hybridized carbons (Fsp3) is 0. The van der Waals surface area contributed by atoms with Crippen LogP contribution < -0.4 is 0 Å². The van der Waals surface area contributed by atoms with Crippen molar-refractivity contribution < 1.29 is 4.79 Å². The number of carbonyl (C=O) groups excluding carboxylic acids is 1. The number of carbonyl (C=O) groups is 1. The van der Waals surface area contributed by atoms with E-state index in [1.807, 2.05) is 0 Å². The van der Waals surface area contributed by atoms with Crippen molar-refractivity contribution in [3.05, 3.63) is 51.1 Å². The molecule has 1 aromatic carbocycles. The quantitative estimate of drug-likeness (QED) is 0.760. The van der Waals surface area contributed by atoms with Gasteiger partial charge in [0, 0.05) is 17.3 Å². The Hall–Kier alpha value is -1.09. The number of aromatic nitrogens is 1. The SMILES string of the molecule is O=Cc1ccnc(-c2ccc(Cl)c(Cl)c2)c1Cl. The van der Waals surface area contributed by atoms with Crippen LogP contribution in [0.5, 0.6) is 0 Å². The molecule has 1 heterocycles. The molecule has 0 N–H and O–H groups in total. The summed E-state index contributed by atoms with van der Waals surface area (Å²) in [5.74, 6) is 0. The minimum absolute atomic E-state index is 0.306. The maximum absolute atomic E-state index is 10.8. The van der Waals surface area contributed by atoms with Gasteiger partial charge in [-0.05, 0) is 18.2 Å². The van der Waals surface area contributed by atoms with E-state index in [-0.39, 0.29) is 0 Å². The Morgan fingerprint density at radius 2 is 1.82 bits per heavy atom. The van der Waals surface area contributed by atoms with Gasteiger partial charge in [-0.3, -0.25) is 9.78 Å².